The van der Waals surface area contributed by atoms with Crippen LogP contribution in [-0.2, 0) is 0 Å². The standard InChI is InChI=1S/C17H16N4O2S/c1-2-23-16-11-7-6-10-14(16)21-17(18-19-20-21)24-12-15(22)13-8-4-3-5-9-13/h3-11H,2,12H2,1H3. The summed E-state index contributed by atoms with van der Waals surface area (Å²) in [4.78, 5) is 12.2. The Morgan fingerprint density at radius 3 is 2.67 bits per heavy atom. The molecular weight excluding hydrogens is 324 g/mol. The number of hydrogen-bond acceptors (Lipinski definition) is 6. The van der Waals surface area contributed by atoms with Crippen LogP contribution in [0.2, 0.25) is 0 Å². The molecule has 0 spiro atoms. The van der Waals surface area contributed by atoms with Crippen molar-refractivity contribution in [3.05, 3.63) is 60.2 Å². The first kappa shape index (κ1) is 16.2. The van der Waals surface area contributed by atoms with Gasteiger partial charge < -0.3 is 4.74 Å². The summed E-state index contributed by atoms with van der Waals surface area (Å²) >= 11 is 1.30. The molecular formula is C17H16N4O2S. The Bertz CT molecular complexity index is 820. The van der Waals surface area contributed by atoms with Crippen LogP contribution in [0.5, 0.6) is 5.75 Å². The highest BCUT2D eigenvalue weighted by Crippen LogP contribution is 2.26. The second-order valence-corrected chi connectivity index (χ2v) is 5.79. The minimum absolute atomic E-state index is 0.0354. The average Bonchev–Trinajstić information content (AvgIpc) is 3.09. The van der Waals surface area contributed by atoms with Crippen molar-refractivity contribution in [1.29, 1.82) is 0 Å². The number of carbonyl (C=O) groups excluding carboxylic acids is 1. The van der Waals surface area contributed by atoms with Gasteiger partial charge in [-0.05, 0) is 29.5 Å². The summed E-state index contributed by atoms with van der Waals surface area (Å²) in [5, 5.41) is 12.3. The van der Waals surface area contributed by atoms with Crippen molar-refractivity contribution in [2.24, 2.45) is 0 Å². The van der Waals surface area contributed by atoms with E-state index in [0.717, 1.165) is 5.69 Å². The lowest BCUT2D eigenvalue weighted by molar-refractivity contribution is 0.102. The van der Waals surface area contributed by atoms with E-state index in [1.54, 1.807) is 16.8 Å². The Balaban J connectivity index is 1.78. The molecule has 2 aromatic carbocycles. The maximum atomic E-state index is 12.2. The zero-order valence-electron chi connectivity index (χ0n) is 13.1. The molecule has 3 aromatic rings. The first-order valence-corrected chi connectivity index (χ1v) is 8.49. The van der Waals surface area contributed by atoms with E-state index in [4.69, 9.17) is 4.74 Å². The molecule has 6 nitrogen and oxygen atoms in total. The second-order valence-electron chi connectivity index (χ2n) is 4.85. The van der Waals surface area contributed by atoms with Crippen molar-refractivity contribution in [3.8, 4) is 11.4 Å². The number of hydrogen-bond donors (Lipinski definition) is 0. The maximum absolute atomic E-state index is 12.2. The molecule has 0 radical (unpaired) electrons. The van der Waals surface area contributed by atoms with Crippen LogP contribution in [0.1, 0.15) is 17.3 Å². The van der Waals surface area contributed by atoms with E-state index in [9.17, 15) is 4.79 Å². The predicted molar refractivity (Wildman–Crippen MR) is 91.8 cm³/mol. The Morgan fingerprint density at radius 1 is 1.12 bits per heavy atom. The van der Waals surface area contributed by atoms with Gasteiger partial charge >= 0.3 is 0 Å². The molecule has 0 aliphatic heterocycles. The number of carbonyl (C=O) groups is 1. The fraction of sp³-hybridized carbons (Fsp3) is 0.176. The fourth-order valence-electron chi connectivity index (χ4n) is 2.17. The van der Waals surface area contributed by atoms with Gasteiger partial charge in [0, 0.05) is 5.56 Å². The van der Waals surface area contributed by atoms with Crippen LogP contribution in [0.25, 0.3) is 5.69 Å². The zero-order valence-corrected chi connectivity index (χ0v) is 13.9. The lowest BCUT2D eigenvalue weighted by Gasteiger charge is -2.10. The number of tetrazole rings is 1. The second kappa shape index (κ2) is 7.74. The Kier molecular flexibility index (Phi) is 5.22. The number of aromatic nitrogens is 4. The molecule has 0 saturated carbocycles. The number of ether oxygens (including phenoxy) is 1. The summed E-state index contributed by atoms with van der Waals surface area (Å²) < 4.78 is 7.21. The number of thioether (sulfide) groups is 1. The number of para-hydroxylation sites is 2. The van der Waals surface area contributed by atoms with E-state index in [2.05, 4.69) is 15.5 Å². The smallest absolute Gasteiger partial charge is 0.214 e. The molecule has 3 rings (SSSR count). The maximum Gasteiger partial charge on any atom is 0.214 e. The van der Waals surface area contributed by atoms with Gasteiger partial charge in [-0.3, -0.25) is 4.79 Å². The molecule has 0 aliphatic carbocycles. The van der Waals surface area contributed by atoms with Crippen LogP contribution in [0, 0.1) is 0 Å². The number of benzene rings is 2. The third-order valence-electron chi connectivity index (χ3n) is 3.26. The van der Waals surface area contributed by atoms with Crippen molar-refractivity contribution < 1.29 is 9.53 Å². The normalized spacial score (nSPS) is 10.5. The highest BCUT2D eigenvalue weighted by molar-refractivity contribution is 7.99. The van der Waals surface area contributed by atoms with E-state index in [1.165, 1.54) is 11.8 Å². The minimum atomic E-state index is 0.0354. The third kappa shape index (κ3) is 3.62. The van der Waals surface area contributed by atoms with Crippen LogP contribution < -0.4 is 4.74 Å². The third-order valence-corrected chi connectivity index (χ3v) is 4.18. The fourth-order valence-corrected chi connectivity index (χ4v) is 2.95. The molecule has 0 atom stereocenters. The number of nitrogens with zero attached hydrogens (tertiary/aromatic N) is 4. The minimum Gasteiger partial charge on any atom is -0.492 e. The topological polar surface area (TPSA) is 69.9 Å². The number of rotatable bonds is 7. The van der Waals surface area contributed by atoms with Crippen LogP contribution in [0.3, 0.4) is 0 Å². The lowest BCUT2D eigenvalue weighted by Crippen LogP contribution is -2.06. The van der Waals surface area contributed by atoms with Crippen LogP contribution in [0.15, 0.2) is 59.8 Å². The van der Waals surface area contributed by atoms with Gasteiger partial charge in [-0.1, -0.05) is 54.2 Å². The summed E-state index contributed by atoms with van der Waals surface area (Å²) in [5.41, 5.74) is 1.43. The Hall–Kier alpha value is -2.67. The lowest BCUT2D eigenvalue weighted by atomic mass is 10.2. The molecule has 0 unspecified atom stereocenters. The van der Waals surface area contributed by atoms with Gasteiger partial charge in [-0.2, -0.15) is 4.68 Å². The van der Waals surface area contributed by atoms with Crippen LogP contribution in [0.4, 0.5) is 0 Å². The highest BCUT2D eigenvalue weighted by Gasteiger charge is 2.15. The van der Waals surface area contributed by atoms with Crippen molar-refractivity contribution in [2.75, 3.05) is 12.4 Å². The number of Topliss-reactive ketones (excluding diaryl/α,β-unsaturated/α-hetero) is 1. The molecule has 1 heterocycles. The summed E-state index contributed by atoms with van der Waals surface area (Å²) in [6, 6.07) is 16.7. The molecule has 24 heavy (non-hydrogen) atoms. The van der Waals surface area contributed by atoms with E-state index >= 15 is 0 Å². The molecule has 0 fully saturated rings. The van der Waals surface area contributed by atoms with Crippen molar-refractivity contribution in [2.45, 2.75) is 12.1 Å². The summed E-state index contributed by atoms with van der Waals surface area (Å²) in [6.45, 7) is 2.47. The van der Waals surface area contributed by atoms with E-state index in [0.29, 0.717) is 23.1 Å². The van der Waals surface area contributed by atoms with Crippen molar-refractivity contribution in [1.82, 2.24) is 20.2 Å². The van der Waals surface area contributed by atoms with Gasteiger partial charge in [0.1, 0.15) is 11.4 Å². The van der Waals surface area contributed by atoms with Crippen molar-refractivity contribution >= 4 is 17.5 Å². The summed E-state index contributed by atoms with van der Waals surface area (Å²) in [6.07, 6.45) is 0. The largest absolute Gasteiger partial charge is 0.492 e. The van der Waals surface area contributed by atoms with E-state index in [1.807, 2.05) is 49.4 Å². The van der Waals surface area contributed by atoms with Gasteiger partial charge in [0.15, 0.2) is 5.78 Å². The molecule has 0 N–H and O–H groups in total. The van der Waals surface area contributed by atoms with E-state index in [-0.39, 0.29) is 11.5 Å². The van der Waals surface area contributed by atoms with E-state index < -0.39 is 0 Å². The number of ketones is 1. The van der Waals surface area contributed by atoms with Crippen LogP contribution in [-0.4, -0.2) is 38.4 Å². The summed E-state index contributed by atoms with van der Waals surface area (Å²) in [7, 11) is 0. The summed E-state index contributed by atoms with van der Waals surface area (Å²) in [5.74, 6) is 0.998. The van der Waals surface area contributed by atoms with Gasteiger partial charge in [0.25, 0.3) is 0 Å². The SMILES string of the molecule is CCOc1ccccc1-n1nnnc1SCC(=O)c1ccccc1. The van der Waals surface area contributed by atoms with Gasteiger partial charge in [0.2, 0.25) is 5.16 Å². The zero-order chi connectivity index (χ0) is 16.8. The molecule has 0 bridgehead atoms. The van der Waals surface area contributed by atoms with Gasteiger partial charge in [-0.15, -0.1) is 5.10 Å². The van der Waals surface area contributed by atoms with Crippen molar-refractivity contribution in [3.63, 3.8) is 0 Å². The average molecular weight is 340 g/mol. The predicted octanol–water partition coefficient (Wildman–Crippen LogP) is 3.04. The van der Waals surface area contributed by atoms with Gasteiger partial charge in [0.05, 0.1) is 12.4 Å². The Labute approximate surface area is 143 Å². The Morgan fingerprint density at radius 2 is 1.88 bits per heavy atom. The monoisotopic (exact) mass is 340 g/mol. The molecule has 7 heteroatoms. The molecule has 0 saturated heterocycles. The molecule has 1 aromatic heterocycles. The molecule has 0 aliphatic rings. The highest BCUT2D eigenvalue weighted by atomic mass is 32.2. The first-order valence-electron chi connectivity index (χ1n) is 7.51. The molecule has 122 valence electrons. The van der Waals surface area contributed by atoms with Gasteiger partial charge in [-0.25, -0.2) is 0 Å². The first-order chi connectivity index (χ1) is 11.8. The quantitative estimate of drug-likeness (QED) is 0.486. The van der Waals surface area contributed by atoms with Crippen LogP contribution >= 0.6 is 11.8 Å². The molecule has 0 amide bonds.